The zero-order valence-electron chi connectivity index (χ0n) is 12.7. The number of rotatable bonds is 5. The van der Waals surface area contributed by atoms with E-state index in [0.29, 0.717) is 18.5 Å². The van der Waals surface area contributed by atoms with Crippen LogP contribution in [0, 0.1) is 5.92 Å². The fraction of sp³-hybridized carbons (Fsp3) is 0.929. The van der Waals surface area contributed by atoms with Gasteiger partial charge in [-0.1, -0.05) is 13.8 Å². The fourth-order valence-corrected chi connectivity index (χ4v) is 2.26. The van der Waals surface area contributed by atoms with Gasteiger partial charge in [-0.05, 0) is 52.2 Å². The number of carbonyl (C=O) groups is 1. The molecule has 19 heavy (non-hydrogen) atoms. The lowest BCUT2D eigenvalue weighted by molar-refractivity contribution is -0.123. The molecule has 1 amide bonds. The number of nitrogens with one attached hydrogen (secondary N) is 2. The first kappa shape index (κ1) is 18.7. The lowest BCUT2D eigenvalue weighted by Gasteiger charge is -2.27. The number of likely N-dealkylation sites (N-methyl/N-ethyl adjacent to an activating group) is 1. The van der Waals surface area contributed by atoms with Crippen molar-refractivity contribution in [1.82, 2.24) is 15.5 Å². The summed E-state index contributed by atoms with van der Waals surface area (Å²) in [6.07, 6.45) is 3.54. The highest BCUT2D eigenvalue weighted by atomic mass is 35.5. The van der Waals surface area contributed by atoms with Crippen molar-refractivity contribution in [3.63, 3.8) is 0 Å². The Hall–Kier alpha value is -0.320. The zero-order chi connectivity index (χ0) is 13.5. The average molecular weight is 292 g/mol. The summed E-state index contributed by atoms with van der Waals surface area (Å²) in [5, 5.41) is 6.47. The van der Waals surface area contributed by atoms with Gasteiger partial charge in [0.2, 0.25) is 5.91 Å². The Morgan fingerprint density at radius 3 is 2.63 bits per heavy atom. The van der Waals surface area contributed by atoms with Crippen LogP contribution in [0.15, 0.2) is 0 Å². The van der Waals surface area contributed by atoms with Gasteiger partial charge >= 0.3 is 0 Å². The summed E-state index contributed by atoms with van der Waals surface area (Å²) in [5.74, 6) is 0.636. The van der Waals surface area contributed by atoms with Crippen LogP contribution in [0.3, 0.4) is 0 Å². The van der Waals surface area contributed by atoms with Gasteiger partial charge in [0.05, 0.1) is 6.54 Å². The Labute approximate surface area is 124 Å². The Morgan fingerprint density at radius 1 is 1.32 bits per heavy atom. The van der Waals surface area contributed by atoms with Crippen molar-refractivity contribution in [2.75, 3.05) is 26.7 Å². The van der Waals surface area contributed by atoms with Crippen LogP contribution in [-0.4, -0.2) is 49.6 Å². The van der Waals surface area contributed by atoms with Crippen LogP contribution in [0.4, 0.5) is 0 Å². The number of hydrogen-bond donors (Lipinski definition) is 2. The molecular weight excluding hydrogens is 262 g/mol. The molecule has 1 fully saturated rings. The molecule has 0 spiro atoms. The third kappa shape index (κ3) is 7.14. The van der Waals surface area contributed by atoms with Crippen molar-refractivity contribution in [1.29, 1.82) is 0 Å². The molecule has 0 saturated carbocycles. The number of hydrogen-bond acceptors (Lipinski definition) is 3. The molecule has 1 rings (SSSR count). The summed E-state index contributed by atoms with van der Waals surface area (Å²) in [5.41, 5.74) is 0. The Kier molecular flexibility index (Phi) is 9.40. The zero-order valence-corrected chi connectivity index (χ0v) is 13.6. The predicted molar refractivity (Wildman–Crippen MR) is 82.8 cm³/mol. The Balaban J connectivity index is 0.00000324. The highest BCUT2D eigenvalue weighted by Crippen LogP contribution is 2.11. The maximum absolute atomic E-state index is 11.9. The van der Waals surface area contributed by atoms with E-state index in [1.54, 1.807) is 0 Å². The lowest BCUT2D eigenvalue weighted by Crippen LogP contribution is -2.44. The van der Waals surface area contributed by atoms with Crippen LogP contribution in [-0.2, 0) is 4.79 Å². The molecule has 2 N–H and O–H groups in total. The van der Waals surface area contributed by atoms with Crippen molar-refractivity contribution < 1.29 is 4.79 Å². The van der Waals surface area contributed by atoms with Gasteiger partial charge in [-0.25, -0.2) is 0 Å². The second-order valence-corrected chi connectivity index (χ2v) is 5.85. The lowest BCUT2D eigenvalue weighted by atomic mass is 10.1. The number of carbonyl (C=O) groups excluding carboxylic acids is 1. The first-order valence-electron chi connectivity index (χ1n) is 7.21. The van der Waals surface area contributed by atoms with E-state index in [1.165, 1.54) is 12.8 Å². The fourth-order valence-electron chi connectivity index (χ4n) is 2.26. The van der Waals surface area contributed by atoms with Crippen LogP contribution in [0.1, 0.15) is 40.0 Å². The molecular formula is C14H30ClN3O. The summed E-state index contributed by atoms with van der Waals surface area (Å²) in [6, 6.07) is 0.793. The van der Waals surface area contributed by atoms with Crippen molar-refractivity contribution in [3.8, 4) is 0 Å². The van der Waals surface area contributed by atoms with E-state index >= 15 is 0 Å². The Morgan fingerprint density at radius 2 is 2.00 bits per heavy atom. The molecule has 2 unspecified atom stereocenters. The molecule has 0 aromatic carbocycles. The van der Waals surface area contributed by atoms with Crippen LogP contribution in [0.2, 0.25) is 0 Å². The van der Waals surface area contributed by atoms with E-state index in [-0.39, 0.29) is 24.4 Å². The SMILES string of the molecule is CC(C)C(C)NC(=O)CN(C)C1CCCNCC1.Cl. The summed E-state index contributed by atoms with van der Waals surface area (Å²) in [6.45, 7) is 9.02. The van der Waals surface area contributed by atoms with Crippen molar-refractivity contribution in [2.45, 2.75) is 52.1 Å². The highest BCUT2D eigenvalue weighted by molar-refractivity contribution is 5.85. The van der Waals surface area contributed by atoms with Gasteiger partial charge in [0, 0.05) is 12.1 Å². The van der Waals surface area contributed by atoms with Crippen molar-refractivity contribution in [3.05, 3.63) is 0 Å². The maximum Gasteiger partial charge on any atom is 0.234 e. The largest absolute Gasteiger partial charge is 0.352 e. The summed E-state index contributed by atoms with van der Waals surface area (Å²) in [7, 11) is 2.07. The third-order valence-corrected chi connectivity index (χ3v) is 3.95. The van der Waals surface area contributed by atoms with Crippen molar-refractivity contribution in [2.24, 2.45) is 5.92 Å². The van der Waals surface area contributed by atoms with E-state index in [9.17, 15) is 4.79 Å². The molecule has 0 aromatic heterocycles. The van der Waals surface area contributed by atoms with Gasteiger partial charge in [0.25, 0.3) is 0 Å². The first-order valence-corrected chi connectivity index (χ1v) is 7.21. The first-order chi connectivity index (χ1) is 8.50. The quantitative estimate of drug-likeness (QED) is 0.809. The van der Waals surface area contributed by atoms with E-state index < -0.39 is 0 Å². The van der Waals surface area contributed by atoms with E-state index in [0.717, 1.165) is 19.5 Å². The number of amides is 1. The van der Waals surface area contributed by atoms with E-state index in [1.807, 2.05) is 0 Å². The van der Waals surface area contributed by atoms with Crippen LogP contribution >= 0.6 is 12.4 Å². The normalized spacial score (nSPS) is 21.7. The van der Waals surface area contributed by atoms with Crippen molar-refractivity contribution >= 4 is 18.3 Å². The second kappa shape index (κ2) is 9.56. The standard InChI is InChI=1S/C14H29N3O.ClH/c1-11(2)12(3)16-14(18)10-17(4)13-6-5-8-15-9-7-13;/h11-13,15H,5-10H2,1-4H3,(H,16,18);1H. The molecule has 2 atom stereocenters. The second-order valence-electron chi connectivity index (χ2n) is 5.85. The monoisotopic (exact) mass is 291 g/mol. The van der Waals surface area contributed by atoms with Crippen LogP contribution in [0.5, 0.6) is 0 Å². The van der Waals surface area contributed by atoms with Gasteiger partial charge in [0.1, 0.15) is 0 Å². The topological polar surface area (TPSA) is 44.4 Å². The number of halogens is 1. The molecule has 0 bridgehead atoms. The molecule has 4 nitrogen and oxygen atoms in total. The summed E-state index contributed by atoms with van der Waals surface area (Å²) >= 11 is 0. The van der Waals surface area contributed by atoms with E-state index in [4.69, 9.17) is 0 Å². The molecule has 5 heteroatoms. The number of nitrogens with zero attached hydrogens (tertiary/aromatic N) is 1. The minimum absolute atomic E-state index is 0. The summed E-state index contributed by atoms with van der Waals surface area (Å²) < 4.78 is 0. The van der Waals surface area contributed by atoms with Gasteiger partial charge in [0.15, 0.2) is 0 Å². The van der Waals surface area contributed by atoms with Gasteiger partial charge in [-0.15, -0.1) is 12.4 Å². The van der Waals surface area contributed by atoms with Gasteiger partial charge < -0.3 is 10.6 Å². The molecule has 1 heterocycles. The molecule has 1 saturated heterocycles. The van der Waals surface area contributed by atoms with Gasteiger partial charge in [-0.3, -0.25) is 9.69 Å². The van der Waals surface area contributed by atoms with Crippen LogP contribution < -0.4 is 10.6 Å². The molecule has 0 aliphatic carbocycles. The molecule has 0 aromatic rings. The molecule has 1 aliphatic rings. The maximum atomic E-state index is 11.9. The molecule has 0 radical (unpaired) electrons. The minimum Gasteiger partial charge on any atom is -0.352 e. The van der Waals surface area contributed by atoms with Crippen LogP contribution in [0.25, 0.3) is 0 Å². The minimum atomic E-state index is 0. The summed E-state index contributed by atoms with van der Waals surface area (Å²) in [4.78, 5) is 14.1. The van der Waals surface area contributed by atoms with Gasteiger partial charge in [-0.2, -0.15) is 0 Å². The smallest absolute Gasteiger partial charge is 0.234 e. The third-order valence-electron chi connectivity index (χ3n) is 3.95. The predicted octanol–water partition coefficient (Wildman–Crippen LogP) is 1.64. The Bertz CT molecular complexity index is 253. The molecule has 1 aliphatic heterocycles. The molecule has 114 valence electrons. The highest BCUT2D eigenvalue weighted by Gasteiger charge is 2.19. The van der Waals surface area contributed by atoms with E-state index in [2.05, 4.69) is 43.4 Å². The average Bonchev–Trinajstić information content (AvgIpc) is 2.56.